The number of esters is 1. The summed E-state index contributed by atoms with van der Waals surface area (Å²) >= 11 is 6.73. The first-order valence-electron chi connectivity index (χ1n) is 8.92. The third-order valence-corrected chi connectivity index (χ3v) is 5.93. The predicted octanol–water partition coefficient (Wildman–Crippen LogP) is 4.14. The van der Waals surface area contributed by atoms with Crippen LogP contribution >= 0.6 is 22.9 Å². The molecule has 0 aliphatic rings. The number of thiophene rings is 1. The van der Waals surface area contributed by atoms with Gasteiger partial charge in [0.25, 0.3) is 17.5 Å². The van der Waals surface area contributed by atoms with Gasteiger partial charge in [0.05, 0.1) is 22.5 Å². The van der Waals surface area contributed by atoms with Crippen molar-refractivity contribution in [2.24, 2.45) is 0 Å². The second-order valence-corrected chi connectivity index (χ2v) is 7.53. The molecule has 2 amide bonds. The quantitative estimate of drug-likeness (QED) is 0.382. The molecule has 0 saturated heterocycles. The van der Waals surface area contributed by atoms with Crippen LogP contribution in [0.15, 0.2) is 18.2 Å². The summed E-state index contributed by atoms with van der Waals surface area (Å²) in [4.78, 5) is 50.1. The summed E-state index contributed by atoms with van der Waals surface area (Å²) in [5, 5.41) is 13.6. The summed E-state index contributed by atoms with van der Waals surface area (Å²) < 4.78 is 4.80. The molecule has 0 aliphatic carbocycles. The molecule has 0 bridgehead atoms. The zero-order valence-electron chi connectivity index (χ0n) is 16.8. The van der Waals surface area contributed by atoms with Gasteiger partial charge in [-0.05, 0) is 38.5 Å². The lowest BCUT2D eigenvalue weighted by atomic mass is 10.1. The van der Waals surface area contributed by atoms with Crippen molar-refractivity contribution in [3.63, 3.8) is 0 Å². The molecule has 30 heavy (non-hydrogen) atoms. The van der Waals surface area contributed by atoms with Crippen LogP contribution in [0.25, 0.3) is 0 Å². The number of nitrogens with zero attached hydrogens (tertiary/aromatic N) is 2. The minimum absolute atomic E-state index is 0.0235. The van der Waals surface area contributed by atoms with E-state index in [0.29, 0.717) is 23.5 Å². The van der Waals surface area contributed by atoms with E-state index in [1.807, 2.05) is 13.8 Å². The molecule has 0 fully saturated rings. The van der Waals surface area contributed by atoms with Crippen molar-refractivity contribution < 1.29 is 24.0 Å². The van der Waals surface area contributed by atoms with Crippen LogP contribution in [-0.4, -0.2) is 47.8 Å². The van der Waals surface area contributed by atoms with Crippen LogP contribution in [0.3, 0.4) is 0 Å². The van der Waals surface area contributed by atoms with Crippen LogP contribution in [0.4, 0.5) is 10.7 Å². The van der Waals surface area contributed by atoms with Gasteiger partial charge in [-0.25, -0.2) is 4.79 Å². The fourth-order valence-electron chi connectivity index (χ4n) is 2.78. The molecule has 0 aliphatic heterocycles. The maximum atomic E-state index is 12.8. The number of methoxy groups -OCH3 is 1. The molecule has 2 rings (SSSR count). The van der Waals surface area contributed by atoms with Gasteiger partial charge >= 0.3 is 5.97 Å². The summed E-state index contributed by atoms with van der Waals surface area (Å²) in [5.41, 5.74) is 0.0119. The fraction of sp³-hybridized carbons (Fsp3) is 0.316. The molecular formula is C19H20ClN3O6S. The Bertz CT molecular complexity index is 1020. The average molecular weight is 454 g/mol. The van der Waals surface area contributed by atoms with Crippen molar-refractivity contribution in [1.29, 1.82) is 0 Å². The van der Waals surface area contributed by atoms with Crippen LogP contribution in [0, 0.1) is 17.0 Å². The molecule has 1 aromatic heterocycles. The highest BCUT2D eigenvalue weighted by atomic mass is 35.5. The van der Waals surface area contributed by atoms with Gasteiger partial charge in [-0.3, -0.25) is 19.7 Å². The van der Waals surface area contributed by atoms with Crippen molar-refractivity contribution >= 4 is 51.4 Å². The van der Waals surface area contributed by atoms with Crippen LogP contribution in [-0.2, 0) is 4.74 Å². The highest BCUT2D eigenvalue weighted by Crippen LogP contribution is 2.35. The van der Waals surface area contributed by atoms with E-state index in [1.54, 1.807) is 11.8 Å². The molecule has 1 heterocycles. The number of amides is 2. The third-order valence-electron chi connectivity index (χ3n) is 4.41. The summed E-state index contributed by atoms with van der Waals surface area (Å²) in [5.74, 6) is -1.67. The minimum Gasteiger partial charge on any atom is -0.465 e. The Labute approximate surface area is 181 Å². The number of benzene rings is 1. The highest BCUT2D eigenvalue weighted by Gasteiger charge is 2.28. The van der Waals surface area contributed by atoms with Gasteiger partial charge < -0.3 is 15.0 Å². The number of hydrogen-bond donors (Lipinski definition) is 1. The number of ether oxygens (including phenoxy) is 1. The average Bonchev–Trinajstić information content (AvgIpc) is 3.03. The van der Waals surface area contributed by atoms with Crippen molar-refractivity contribution in [2.75, 3.05) is 25.5 Å². The number of nitro benzene ring substituents is 1. The number of nitrogens with one attached hydrogen (secondary N) is 1. The molecule has 1 N–H and O–H groups in total. The Hall–Kier alpha value is -2.98. The first-order chi connectivity index (χ1) is 14.2. The van der Waals surface area contributed by atoms with E-state index >= 15 is 0 Å². The third kappa shape index (κ3) is 4.60. The van der Waals surface area contributed by atoms with E-state index in [2.05, 4.69) is 5.32 Å². The Kier molecular flexibility index (Phi) is 7.52. The highest BCUT2D eigenvalue weighted by molar-refractivity contribution is 7.18. The van der Waals surface area contributed by atoms with Crippen molar-refractivity contribution in [3.05, 3.63) is 54.9 Å². The Morgan fingerprint density at radius 3 is 2.43 bits per heavy atom. The number of carbonyl (C=O) groups is 3. The van der Waals surface area contributed by atoms with Gasteiger partial charge in [0.15, 0.2) is 0 Å². The van der Waals surface area contributed by atoms with Gasteiger partial charge in [-0.2, -0.15) is 0 Å². The molecule has 0 spiro atoms. The van der Waals surface area contributed by atoms with E-state index in [-0.39, 0.29) is 27.1 Å². The van der Waals surface area contributed by atoms with Gasteiger partial charge in [0.2, 0.25) is 0 Å². The summed E-state index contributed by atoms with van der Waals surface area (Å²) in [6.45, 7) is 6.23. The number of nitro groups is 1. The molecule has 9 nitrogen and oxygen atoms in total. The number of halogens is 1. The smallest absolute Gasteiger partial charge is 0.341 e. The Morgan fingerprint density at radius 1 is 1.27 bits per heavy atom. The number of anilines is 1. The Morgan fingerprint density at radius 2 is 1.90 bits per heavy atom. The molecule has 11 heteroatoms. The predicted molar refractivity (Wildman–Crippen MR) is 114 cm³/mol. The zero-order chi connectivity index (χ0) is 22.6. The van der Waals surface area contributed by atoms with Crippen molar-refractivity contribution in [2.45, 2.75) is 20.8 Å². The van der Waals surface area contributed by atoms with Crippen molar-refractivity contribution in [3.8, 4) is 0 Å². The topological polar surface area (TPSA) is 119 Å². The van der Waals surface area contributed by atoms with Crippen LogP contribution in [0.5, 0.6) is 0 Å². The number of carbonyl (C=O) groups excluding carboxylic acids is 3. The summed E-state index contributed by atoms with van der Waals surface area (Å²) in [6.07, 6.45) is 0. The summed E-state index contributed by atoms with van der Waals surface area (Å²) in [7, 11) is 1.19. The first kappa shape index (κ1) is 23.3. The normalized spacial score (nSPS) is 10.4. The van der Waals surface area contributed by atoms with Crippen LogP contribution < -0.4 is 5.32 Å². The second-order valence-electron chi connectivity index (χ2n) is 6.11. The maximum absolute atomic E-state index is 12.8. The van der Waals surface area contributed by atoms with Crippen LogP contribution in [0.1, 0.15) is 49.8 Å². The van der Waals surface area contributed by atoms with Gasteiger partial charge in [0.1, 0.15) is 10.0 Å². The Balaban J connectivity index is 2.48. The first-order valence-corrected chi connectivity index (χ1v) is 10.1. The molecule has 160 valence electrons. The SMILES string of the molecule is CCN(CC)C(=O)c1sc(NC(=O)c2ccc(Cl)c([N+](=O)[O-])c2)c(C(=O)OC)c1C. The molecular weight excluding hydrogens is 434 g/mol. The second kappa shape index (κ2) is 9.68. The van der Waals surface area contributed by atoms with E-state index in [0.717, 1.165) is 17.4 Å². The minimum atomic E-state index is -0.709. The summed E-state index contributed by atoms with van der Waals surface area (Å²) in [6, 6.07) is 3.60. The molecule has 1 aromatic carbocycles. The van der Waals surface area contributed by atoms with Gasteiger partial charge in [-0.1, -0.05) is 11.6 Å². The number of hydrogen-bond acceptors (Lipinski definition) is 7. The largest absolute Gasteiger partial charge is 0.465 e. The van der Waals surface area contributed by atoms with E-state index < -0.39 is 22.5 Å². The zero-order valence-corrected chi connectivity index (χ0v) is 18.3. The lowest BCUT2D eigenvalue weighted by Gasteiger charge is -2.17. The fourth-order valence-corrected chi connectivity index (χ4v) is 4.12. The van der Waals surface area contributed by atoms with Crippen molar-refractivity contribution in [1.82, 2.24) is 4.90 Å². The van der Waals surface area contributed by atoms with E-state index in [1.165, 1.54) is 19.2 Å². The molecule has 0 saturated carbocycles. The molecule has 0 radical (unpaired) electrons. The molecule has 2 aromatic rings. The van der Waals surface area contributed by atoms with Gasteiger partial charge in [0, 0.05) is 24.7 Å². The van der Waals surface area contributed by atoms with Gasteiger partial charge in [-0.15, -0.1) is 11.3 Å². The lowest BCUT2D eigenvalue weighted by Crippen LogP contribution is -2.30. The van der Waals surface area contributed by atoms with E-state index in [4.69, 9.17) is 16.3 Å². The standard InChI is InChI=1S/C19H20ClN3O6S/c1-5-22(6-2)18(25)15-10(3)14(19(26)29-4)17(30-15)21-16(24)11-7-8-12(20)13(9-11)23(27)28/h7-9H,5-6H2,1-4H3,(H,21,24). The number of rotatable bonds is 7. The molecule has 0 atom stereocenters. The molecule has 0 unspecified atom stereocenters. The van der Waals surface area contributed by atoms with Crippen LogP contribution in [0.2, 0.25) is 5.02 Å². The van der Waals surface area contributed by atoms with E-state index in [9.17, 15) is 24.5 Å². The monoisotopic (exact) mass is 453 g/mol. The maximum Gasteiger partial charge on any atom is 0.341 e. The lowest BCUT2D eigenvalue weighted by molar-refractivity contribution is -0.384.